The Kier molecular flexibility index (Phi) is 5.95. The summed E-state index contributed by atoms with van der Waals surface area (Å²) in [5.41, 5.74) is 4.46. The standard InChI is InChI=1S/C29H28N4O4/c1-17-7-6-8-20(14-17)33-28(35)27-26(22-15-21(37-5)10-12-24(22)31(27)4)32(29(33)36)16-25(34)30-23-11-9-18(2)13-19(23)3/h6-15H,16H2,1-5H3,(H,30,34). The zero-order valence-corrected chi connectivity index (χ0v) is 21.5. The van der Waals surface area contributed by atoms with Gasteiger partial charge in [0.25, 0.3) is 5.56 Å². The van der Waals surface area contributed by atoms with Crippen LogP contribution in [0.5, 0.6) is 5.75 Å². The molecule has 37 heavy (non-hydrogen) atoms. The van der Waals surface area contributed by atoms with Crippen molar-refractivity contribution in [3.8, 4) is 11.4 Å². The van der Waals surface area contributed by atoms with Gasteiger partial charge < -0.3 is 14.6 Å². The molecule has 2 aromatic heterocycles. The van der Waals surface area contributed by atoms with E-state index in [-0.39, 0.29) is 12.5 Å². The molecule has 0 aliphatic heterocycles. The van der Waals surface area contributed by atoms with Crippen molar-refractivity contribution in [1.82, 2.24) is 13.7 Å². The second kappa shape index (κ2) is 9.13. The topological polar surface area (TPSA) is 87.3 Å². The average molecular weight is 497 g/mol. The third-order valence-corrected chi connectivity index (χ3v) is 6.70. The lowest BCUT2D eigenvalue weighted by atomic mass is 10.1. The molecule has 188 valence electrons. The quantitative estimate of drug-likeness (QED) is 0.395. The molecule has 0 unspecified atom stereocenters. The molecule has 0 radical (unpaired) electrons. The molecule has 0 saturated carbocycles. The van der Waals surface area contributed by atoms with Crippen molar-refractivity contribution in [2.45, 2.75) is 27.3 Å². The van der Waals surface area contributed by atoms with E-state index in [0.717, 1.165) is 26.8 Å². The van der Waals surface area contributed by atoms with E-state index in [9.17, 15) is 14.4 Å². The van der Waals surface area contributed by atoms with Crippen LogP contribution in [0.25, 0.3) is 27.6 Å². The maximum atomic E-state index is 13.9. The first-order valence-corrected chi connectivity index (χ1v) is 12.0. The van der Waals surface area contributed by atoms with Crippen LogP contribution in [0.3, 0.4) is 0 Å². The molecule has 0 aliphatic rings. The van der Waals surface area contributed by atoms with Crippen molar-refractivity contribution in [2.75, 3.05) is 12.4 Å². The van der Waals surface area contributed by atoms with E-state index in [1.54, 1.807) is 49.1 Å². The number of methoxy groups -OCH3 is 1. The summed E-state index contributed by atoms with van der Waals surface area (Å²) in [6, 6.07) is 18.4. The summed E-state index contributed by atoms with van der Waals surface area (Å²) in [7, 11) is 3.34. The smallest absolute Gasteiger partial charge is 0.336 e. The van der Waals surface area contributed by atoms with Gasteiger partial charge in [-0.1, -0.05) is 29.8 Å². The largest absolute Gasteiger partial charge is 0.497 e. The maximum Gasteiger partial charge on any atom is 0.336 e. The molecule has 5 aromatic rings. The van der Waals surface area contributed by atoms with Crippen molar-refractivity contribution in [1.29, 1.82) is 0 Å². The third-order valence-electron chi connectivity index (χ3n) is 6.70. The predicted molar refractivity (Wildman–Crippen MR) is 146 cm³/mol. The number of nitrogens with zero attached hydrogens (tertiary/aromatic N) is 3. The van der Waals surface area contributed by atoms with Crippen LogP contribution in [-0.2, 0) is 18.4 Å². The molecule has 3 aromatic carbocycles. The van der Waals surface area contributed by atoms with Gasteiger partial charge >= 0.3 is 5.69 Å². The number of anilines is 1. The first-order valence-electron chi connectivity index (χ1n) is 12.0. The van der Waals surface area contributed by atoms with E-state index < -0.39 is 11.2 Å². The van der Waals surface area contributed by atoms with Gasteiger partial charge in [0, 0.05) is 18.1 Å². The van der Waals surface area contributed by atoms with Gasteiger partial charge in [0.05, 0.1) is 23.8 Å². The monoisotopic (exact) mass is 496 g/mol. The number of rotatable bonds is 5. The fourth-order valence-corrected chi connectivity index (χ4v) is 4.89. The summed E-state index contributed by atoms with van der Waals surface area (Å²) in [6.45, 7) is 5.53. The minimum absolute atomic E-state index is 0.273. The second-order valence-corrected chi connectivity index (χ2v) is 9.35. The van der Waals surface area contributed by atoms with Gasteiger partial charge in [-0.15, -0.1) is 0 Å². The fraction of sp³-hybridized carbons (Fsp3) is 0.207. The van der Waals surface area contributed by atoms with Crippen LogP contribution in [0.4, 0.5) is 5.69 Å². The number of carbonyl (C=O) groups is 1. The zero-order valence-electron chi connectivity index (χ0n) is 21.5. The number of hydrogen-bond acceptors (Lipinski definition) is 4. The van der Waals surface area contributed by atoms with E-state index in [2.05, 4.69) is 5.32 Å². The Balaban J connectivity index is 1.78. The van der Waals surface area contributed by atoms with Gasteiger partial charge in [-0.3, -0.25) is 14.2 Å². The summed E-state index contributed by atoms with van der Waals surface area (Å²) in [4.78, 5) is 41.0. The van der Waals surface area contributed by atoms with Crippen LogP contribution in [0.15, 0.2) is 70.3 Å². The Morgan fingerprint density at radius 1 is 0.919 bits per heavy atom. The number of benzene rings is 3. The van der Waals surface area contributed by atoms with E-state index >= 15 is 0 Å². The van der Waals surface area contributed by atoms with Crippen LogP contribution < -0.4 is 21.3 Å². The lowest BCUT2D eigenvalue weighted by Crippen LogP contribution is -2.41. The Morgan fingerprint density at radius 3 is 2.38 bits per heavy atom. The highest BCUT2D eigenvalue weighted by molar-refractivity contribution is 6.07. The number of nitrogens with one attached hydrogen (secondary N) is 1. The number of carbonyl (C=O) groups excluding carboxylic acids is 1. The molecule has 1 N–H and O–H groups in total. The molecule has 0 spiro atoms. The highest BCUT2D eigenvalue weighted by Crippen LogP contribution is 2.29. The van der Waals surface area contributed by atoms with Crippen molar-refractivity contribution in [3.05, 3.63) is 98.2 Å². The van der Waals surface area contributed by atoms with Gasteiger partial charge in [-0.05, 0) is 68.3 Å². The Hall–Kier alpha value is -4.59. The normalized spacial score (nSPS) is 11.3. The van der Waals surface area contributed by atoms with Crippen molar-refractivity contribution in [2.24, 2.45) is 7.05 Å². The van der Waals surface area contributed by atoms with Crippen LogP contribution >= 0.6 is 0 Å². The first kappa shape index (κ1) is 24.1. The number of amides is 1. The minimum atomic E-state index is -0.589. The number of fused-ring (bicyclic) bond motifs is 3. The summed E-state index contributed by atoms with van der Waals surface area (Å²) in [6.07, 6.45) is 0. The predicted octanol–water partition coefficient (Wildman–Crippen LogP) is 4.22. The molecule has 0 saturated heterocycles. The fourth-order valence-electron chi connectivity index (χ4n) is 4.89. The summed E-state index contributed by atoms with van der Waals surface area (Å²) >= 11 is 0. The molecular weight excluding hydrogens is 468 g/mol. The molecule has 2 heterocycles. The van der Waals surface area contributed by atoms with E-state index in [1.807, 2.05) is 51.1 Å². The molecule has 8 heteroatoms. The number of ether oxygens (including phenoxy) is 1. The van der Waals surface area contributed by atoms with Crippen molar-refractivity contribution in [3.63, 3.8) is 0 Å². The summed E-state index contributed by atoms with van der Waals surface area (Å²) in [5.74, 6) is 0.214. The minimum Gasteiger partial charge on any atom is -0.497 e. The zero-order chi connectivity index (χ0) is 26.4. The Labute approximate surface area is 213 Å². The molecule has 0 atom stereocenters. The summed E-state index contributed by atoms with van der Waals surface area (Å²) < 4.78 is 9.68. The SMILES string of the molecule is COc1ccc2c(c1)c1c(c(=O)n(-c3cccc(C)c3)c(=O)n1CC(=O)Nc1ccc(C)cc1C)n2C. The van der Waals surface area contributed by atoms with E-state index in [1.165, 1.54) is 4.57 Å². The lowest BCUT2D eigenvalue weighted by Gasteiger charge is -2.14. The van der Waals surface area contributed by atoms with Crippen molar-refractivity contribution >= 4 is 33.5 Å². The molecular formula is C29H28N4O4. The number of aryl methyl sites for hydroxylation is 4. The van der Waals surface area contributed by atoms with Gasteiger partial charge in [-0.2, -0.15) is 0 Å². The lowest BCUT2D eigenvalue weighted by molar-refractivity contribution is -0.116. The van der Waals surface area contributed by atoms with Crippen LogP contribution in [0, 0.1) is 20.8 Å². The highest BCUT2D eigenvalue weighted by Gasteiger charge is 2.23. The maximum absolute atomic E-state index is 13.9. The highest BCUT2D eigenvalue weighted by atomic mass is 16.5. The van der Waals surface area contributed by atoms with E-state index in [4.69, 9.17) is 4.74 Å². The molecule has 0 fully saturated rings. The Bertz CT molecular complexity index is 1820. The van der Waals surface area contributed by atoms with Gasteiger partial charge in [0.1, 0.15) is 17.8 Å². The van der Waals surface area contributed by atoms with Gasteiger partial charge in [0.2, 0.25) is 5.91 Å². The molecule has 5 rings (SSSR count). The number of hydrogen-bond donors (Lipinski definition) is 1. The molecule has 0 aliphatic carbocycles. The molecule has 0 bridgehead atoms. The third kappa shape index (κ3) is 4.10. The van der Waals surface area contributed by atoms with Crippen LogP contribution in [0.2, 0.25) is 0 Å². The first-order chi connectivity index (χ1) is 17.7. The Morgan fingerprint density at radius 2 is 1.68 bits per heavy atom. The van der Waals surface area contributed by atoms with Crippen molar-refractivity contribution < 1.29 is 9.53 Å². The average Bonchev–Trinajstić information content (AvgIpc) is 3.15. The number of aromatic nitrogens is 3. The van der Waals surface area contributed by atoms with E-state index in [0.29, 0.717) is 33.5 Å². The van der Waals surface area contributed by atoms with Gasteiger partial charge in [-0.25, -0.2) is 9.36 Å². The summed E-state index contributed by atoms with van der Waals surface area (Å²) in [5, 5.41) is 3.58. The second-order valence-electron chi connectivity index (χ2n) is 9.35. The van der Waals surface area contributed by atoms with Crippen LogP contribution in [-0.4, -0.2) is 26.7 Å². The van der Waals surface area contributed by atoms with Crippen LogP contribution in [0.1, 0.15) is 16.7 Å². The molecule has 1 amide bonds. The molecule has 8 nitrogen and oxygen atoms in total. The van der Waals surface area contributed by atoms with Gasteiger partial charge in [0.15, 0.2) is 0 Å².